The van der Waals surface area contributed by atoms with Crippen LogP contribution in [0.1, 0.15) is 19.4 Å². The number of anilines is 1. The summed E-state index contributed by atoms with van der Waals surface area (Å²) in [5.41, 5.74) is 1.58. The van der Waals surface area contributed by atoms with Gasteiger partial charge in [-0.05, 0) is 37.6 Å². The van der Waals surface area contributed by atoms with Crippen LogP contribution in [0.15, 0.2) is 24.3 Å². The smallest absolute Gasteiger partial charge is 0.328 e. The summed E-state index contributed by atoms with van der Waals surface area (Å²) in [5.74, 6) is -1.08. The van der Waals surface area contributed by atoms with Crippen LogP contribution in [-0.2, 0) is 4.79 Å². The first kappa shape index (κ1) is 16.1. The molecule has 1 aromatic carbocycles. The highest BCUT2D eigenvalue weighted by Crippen LogP contribution is 2.28. The van der Waals surface area contributed by atoms with E-state index in [1.165, 1.54) is 6.08 Å². The fourth-order valence-corrected chi connectivity index (χ4v) is 2.13. The van der Waals surface area contributed by atoms with Crippen LogP contribution in [0.4, 0.5) is 5.69 Å². The minimum atomic E-state index is -0.997. The molecule has 1 aromatic rings. The number of carboxylic acids is 1. The van der Waals surface area contributed by atoms with Crippen molar-refractivity contribution in [2.45, 2.75) is 13.8 Å². The highest BCUT2D eigenvalue weighted by Gasteiger charge is 2.12. The third kappa shape index (κ3) is 4.60. The summed E-state index contributed by atoms with van der Waals surface area (Å²) >= 11 is 6.24. The molecule has 0 fully saturated rings. The quantitative estimate of drug-likeness (QED) is 0.816. The fraction of sp³-hybridized carbons (Fsp3) is 0.333. The largest absolute Gasteiger partial charge is 0.478 e. The first-order chi connectivity index (χ1) is 9.47. The molecule has 5 heteroatoms. The van der Waals surface area contributed by atoms with Crippen molar-refractivity contribution in [3.8, 4) is 6.07 Å². The number of nitriles is 1. The first-order valence-electron chi connectivity index (χ1n) is 6.33. The van der Waals surface area contributed by atoms with Crippen LogP contribution in [-0.4, -0.2) is 24.2 Å². The van der Waals surface area contributed by atoms with Crippen molar-refractivity contribution in [2.24, 2.45) is 5.92 Å². The van der Waals surface area contributed by atoms with Crippen LogP contribution >= 0.6 is 11.6 Å². The molecule has 0 aromatic heterocycles. The molecule has 4 nitrogen and oxygen atoms in total. The molecule has 1 unspecified atom stereocenters. The van der Waals surface area contributed by atoms with E-state index in [0.717, 1.165) is 23.9 Å². The Labute approximate surface area is 123 Å². The van der Waals surface area contributed by atoms with E-state index < -0.39 is 5.97 Å². The topological polar surface area (TPSA) is 64.3 Å². The number of halogens is 1. The van der Waals surface area contributed by atoms with Crippen LogP contribution in [0.3, 0.4) is 0 Å². The van der Waals surface area contributed by atoms with E-state index in [4.69, 9.17) is 22.0 Å². The number of carbonyl (C=O) groups is 1. The molecule has 0 aliphatic carbocycles. The molecule has 0 saturated carbocycles. The Morgan fingerprint density at radius 3 is 2.80 bits per heavy atom. The van der Waals surface area contributed by atoms with E-state index in [2.05, 4.69) is 6.07 Å². The van der Waals surface area contributed by atoms with Crippen molar-refractivity contribution in [1.82, 2.24) is 0 Å². The maximum atomic E-state index is 10.5. The average molecular weight is 293 g/mol. The van der Waals surface area contributed by atoms with Crippen molar-refractivity contribution in [3.05, 3.63) is 34.9 Å². The molecule has 0 radical (unpaired) electrons. The van der Waals surface area contributed by atoms with Crippen LogP contribution in [0, 0.1) is 17.2 Å². The summed E-state index contributed by atoms with van der Waals surface area (Å²) in [6.07, 6.45) is 2.56. The lowest BCUT2D eigenvalue weighted by molar-refractivity contribution is -0.131. The third-order valence-electron chi connectivity index (χ3n) is 2.83. The maximum Gasteiger partial charge on any atom is 0.328 e. The maximum absolute atomic E-state index is 10.5. The Morgan fingerprint density at radius 1 is 1.60 bits per heavy atom. The average Bonchev–Trinajstić information content (AvgIpc) is 2.42. The highest BCUT2D eigenvalue weighted by molar-refractivity contribution is 6.33. The second kappa shape index (κ2) is 7.56. The zero-order chi connectivity index (χ0) is 15.1. The lowest BCUT2D eigenvalue weighted by Crippen LogP contribution is -2.27. The summed E-state index contributed by atoms with van der Waals surface area (Å²) in [6.45, 7) is 5.21. The highest BCUT2D eigenvalue weighted by atomic mass is 35.5. The van der Waals surface area contributed by atoms with E-state index in [1.54, 1.807) is 12.1 Å². The minimum absolute atomic E-state index is 0.0856. The molecule has 1 rings (SSSR count). The predicted octanol–water partition coefficient (Wildman–Crippen LogP) is 3.42. The van der Waals surface area contributed by atoms with Crippen LogP contribution in [0.5, 0.6) is 0 Å². The second-order valence-corrected chi connectivity index (χ2v) is 4.86. The zero-order valence-corrected chi connectivity index (χ0v) is 12.3. The molecule has 0 spiro atoms. The van der Waals surface area contributed by atoms with Crippen molar-refractivity contribution < 1.29 is 9.90 Å². The number of hydrogen-bond acceptors (Lipinski definition) is 3. The summed E-state index contributed by atoms with van der Waals surface area (Å²) < 4.78 is 0. The Bertz CT molecular complexity index is 549. The van der Waals surface area contributed by atoms with E-state index >= 15 is 0 Å². The molecular formula is C15H17ClN2O2. The van der Waals surface area contributed by atoms with E-state index in [1.807, 2.05) is 24.8 Å². The fourth-order valence-electron chi connectivity index (χ4n) is 1.82. The summed E-state index contributed by atoms with van der Waals surface area (Å²) in [6, 6.07) is 7.57. The third-order valence-corrected chi connectivity index (χ3v) is 3.13. The molecular weight excluding hydrogens is 276 g/mol. The van der Waals surface area contributed by atoms with Gasteiger partial charge in [-0.2, -0.15) is 5.26 Å². The van der Waals surface area contributed by atoms with Gasteiger partial charge in [0.05, 0.1) is 22.7 Å². The summed E-state index contributed by atoms with van der Waals surface area (Å²) in [7, 11) is 0. The van der Waals surface area contributed by atoms with Gasteiger partial charge in [-0.25, -0.2) is 4.79 Å². The lowest BCUT2D eigenvalue weighted by Gasteiger charge is -2.25. The van der Waals surface area contributed by atoms with E-state index in [9.17, 15) is 4.79 Å². The Morgan fingerprint density at radius 2 is 2.30 bits per heavy atom. The SMILES string of the molecule is CCN(CC(C)C#N)c1ccc(/C=C/C(=O)O)cc1Cl. The molecule has 1 atom stereocenters. The van der Waals surface area contributed by atoms with Crippen molar-refractivity contribution >= 4 is 29.3 Å². The van der Waals surface area contributed by atoms with Gasteiger partial charge < -0.3 is 10.0 Å². The van der Waals surface area contributed by atoms with Gasteiger partial charge in [0.2, 0.25) is 0 Å². The number of carboxylic acid groups (broad SMARTS) is 1. The summed E-state index contributed by atoms with van der Waals surface area (Å²) in [5, 5.41) is 18.0. The van der Waals surface area contributed by atoms with Gasteiger partial charge in [0.1, 0.15) is 0 Å². The molecule has 0 amide bonds. The molecule has 20 heavy (non-hydrogen) atoms. The Hall–Kier alpha value is -1.99. The van der Waals surface area contributed by atoms with Gasteiger partial charge in [-0.1, -0.05) is 17.7 Å². The standard InChI is InChI=1S/C15H17ClN2O2/c1-3-18(10-11(2)9-17)14-6-4-12(8-13(14)16)5-7-15(19)20/h4-8,11H,3,10H2,1-2H3,(H,19,20)/b7-5+. The normalized spacial score (nSPS) is 12.1. The molecule has 1 N–H and O–H groups in total. The summed E-state index contributed by atoms with van der Waals surface area (Å²) in [4.78, 5) is 12.5. The van der Waals surface area contributed by atoms with Gasteiger partial charge >= 0.3 is 5.97 Å². The van der Waals surface area contributed by atoms with E-state index in [-0.39, 0.29) is 5.92 Å². The Balaban J connectivity index is 2.96. The molecule has 106 valence electrons. The van der Waals surface area contributed by atoms with Gasteiger partial charge in [0.25, 0.3) is 0 Å². The van der Waals surface area contributed by atoms with Crippen molar-refractivity contribution in [1.29, 1.82) is 5.26 Å². The minimum Gasteiger partial charge on any atom is -0.478 e. The van der Waals surface area contributed by atoms with Crippen molar-refractivity contribution in [2.75, 3.05) is 18.0 Å². The van der Waals surface area contributed by atoms with Gasteiger partial charge in [0, 0.05) is 19.2 Å². The van der Waals surface area contributed by atoms with Gasteiger partial charge in [-0.3, -0.25) is 0 Å². The van der Waals surface area contributed by atoms with Gasteiger partial charge in [0.15, 0.2) is 0 Å². The number of benzene rings is 1. The number of rotatable bonds is 6. The monoisotopic (exact) mass is 292 g/mol. The number of hydrogen-bond donors (Lipinski definition) is 1. The van der Waals surface area contributed by atoms with Crippen LogP contribution in [0.2, 0.25) is 5.02 Å². The molecule has 0 aliphatic heterocycles. The number of nitrogens with zero attached hydrogens (tertiary/aromatic N) is 2. The van der Waals surface area contributed by atoms with Crippen LogP contribution in [0.25, 0.3) is 6.08 Å². The van der Waals surface area contributed by atoms with Crippen molar-refractivity contribution in [3.63, 3.8) is 0 Å². The van der Waals surface area contributed by atoms with Gasteiger partial charge in [-0.15, -0.1) is 0 Å². The number of aliphatic carboxylic acids is 1. The molecule has 0 aliphatic rings. The Kier molecular flexibility index (Phi) is 6.08. The van der Waals surface area contributed by atoms with Crippen LogP contribution < -0.4 is 4.90 Å². The predicted molar refractivity (Wildman–Crippen MR) is 80.8 cm³/mol. The first-order valence-corrected chi connectivity index (χ1v) is 6.70. The molecule has 0 heterocycles. The van der Waals surface area contributed by atoms with E-state index in [0.29, 0.717) is 11.6 Å². The lowest BCUT2D eigenvalue weighted by atomic mass is 10.1. The zero-order valence-electron chi connectivity index (χ0n) is 11.5. The molecule has 0 bridgehead atoms. The second-order valence-electron chi connectivity index (χ2n) is 4.45. The molecule has 0 saturated heterocycles.